The molecule has 1 heterocycles. The zero-order chi connectivity index (χ0) is 8.93. The number of nitrogens with one attached hydrogen (secondary N) is 1. The Hall–Kier alpha value is -0.500. The van der Waals surface area contributed by atoms with Gasteiger partial charge in [0.25, 0.3) is 0 Å². The Kier molecular flexibility index (Phi) is 3.25. The quantitative estimate of drug-likeness (QED) is 0.682. The molecule has 0 spiro atoms. The minimum absolute atomic E-state index is 1.10. The summed E-state index contributed by atoms with van der Waals surface area (Å²) < 4.78 is 0. The Balaban J connectivity index is 1.48. The van der Waals surface area contributed by atoms with E-state index < -0.39 is 0 Å². The Morgan fingerprint density at radius 1 is 1.38 bits per heavy atom. The van der Waals surface area contributed by atoms with Gasteiger partial charge in [-0.1, -0.05) is 25.7 Å². The highest BCUT2D eigenvalue weighted by atomic mass is 32.1. The van der Waals surface area contributed by atoms with Crippen LogP contribution in [0, 0.1) is 5.92 Å². The molecule has 13 heavy (non-hydrogen) atoms. The minimum atomic E-state index is 1.10. The van der Waals surface area contributed by atoms with E-state index in [1.54, 1.807) is 11.3 Å². The summed E-state index contributed by atoms with van der Waals surface area (Å²) >= 11 is 1.76. The predicted molar refractivity (Wildman–Crippen MR) is 59.4 cm³/mol. The summed E-state index contributed by atoms with van der Waals surface area (Å²) in [6.45, 7) is 1.14. The molecule has 0 radical (unpaired) electrons. The van der Waals surface area contributed by atoms with Crippen molar-refractivity contribution in [2.24, 2.45) is 5.92 Å². The maximum atomic E-state index is 3.43. The van der Waals surface area contributed by atoms with Gasteiger partial charge in [0, 0.05) is 17.6 Å². The highest BCUT2D eigenvalue weighted by molar-refractivity contribution is 7.08. The standard InChI is InChI=1S/C11H17NS/c1(3-10-4-5-10)2-7-12-11-6-8-13-9-11/h6,8-10,12H,1-5,7H2. The molecule has 72 valence electrons. The van der Waals surface area contributed by atoms with Gasteiger partial charge >= 0.3 is 0 Å². The Morgan fingerprint density at radius 3 is 3.00 bits per heavy atom. The van der Waals surface area contributed by atoms with Gasteiger partial charge in [-0.25, -0.2) is 0 Å². The van der Waals surface area contributed by atoms with E-state index in [4.69, 9.17) is 0 Å². The van der Waals surface area contributed by atoms with Crippen molar-refractivity contribution in [2.45, 2.75) is 32.1 Å². The van der Waals surface area contributed by atoms with E-state index in [-0.39, 0.29) is 0 Å². The summed E-state index contributed by atoms with van der Waals surface area (Å²) in [4.78, 5) is 0. The van der Waals surface area contributed by atoms with Crippen LogP contribution >= 0.6 is 11.3 Å². The monoisotopic (exact) mass is 195 g/mol. The summed E-state index contributed by atoms with van der Waals surface area (Å²) in [5.41, 5.74) is 1.29. The van der Waals surface area contributed by atoms with Crippen molar-refractivity contribution in [1.29, 1.82) is 0 Å². The third-order valence-electron chi connectivity index (χ3n) is 2.59. The maximum absolute atomic E-state index is 3.43. The molecule has 1 nitrogen and oxygen atoms in total. The van der Waals surface area contributed by atoms with E-state index in [1.807, 2.05) is 0 Å². The van der Waals surface area contributed by atoms with Gasteiger partial charge in [0.2, 0.25) is 0 Å². The lowest BCUT2D eigenvalue weighted by Crippen LogP contribution is -1.99. The van der Waals surface area contributed by atoms with Gasteiger partial charge in [0.1, 0.15) is 0 Å². The molecule has 0 aromatic carbocycles. The highest BCUT2D eigenvalue weighted by Gasteiger charge is 2.19. The Bertz CT molecular complexity index is 226. The number of hydrogen-bond donors (Lipinski definition) is 1. The first-order chi connectivity index (χ1) is 6.45. The lowest BCUT2D eigenvalue weighted by Gasteiger charge is -2.02. The van der Waals surface area contributed by atoms with E-state index in [0.29, 0.717) is 0 Å². The van der Waals surface area contributed by atoms with Crippen LogP contribution in [0.4, 0.5) is 5.69 Å². The smallest absolute Gasteiger partial charge is 0.0448 e. The largest absolute Gasteiger partial charge is 0.384 e. The summed E-state index contributed by atoms with van der Waals surface area (Å²) in [5.74, 6) is 1.10. The molecule has 0 unspecified atom stereocenters. The molecule has 1 saturated carbocycles. The average molecular weight is 195 g/mol. The molecule has 2 rings (SSSR count). The fourth-order valence-electron chi connectivity index (χ4n) is 1.56. The fourth-order valence-corrected chi connectivity index (χ4v) is 2.17. The zero-order valence-corrected chi connectivity index (χ0v) is 8.78. The van der Waals surface area contributed by atoms with E-state index in [1.165, 1.54) is 37.8 Å². The lowest BCUT2D eigenvalue weighted by molar-refractivity contribution is 0.642. The summed E-state index contributed by atoms with van der Waals surface area (Å²) in [5, 5.41) is 7.71. The SMILES string of the molecule is c1cc(NCCCCC2CC2)cs1. The summed E-state index contributed by atoms with van der Waals surface area (Å²) in [6, 6.07) is 2.14. The van der Waals surface area contributed by atoms with E-state index in [9.17, 15) is 0 Å². The van der Waals surface area contributed by atoms with Crippen LogP contribution in [0.3, 0.4) is 0 Å². The van der Waals surface area contributed by atoms with Crippen molar-refractivity contribution in [3.05, 3.63) is 16.8 Å². The minimum Gasteiger partial charge on any atom is -0.384 e. The first-order valence-electron chi connectivity index (χ1n) is 5.21. The van der Waals surface area contributed by atoms with Crippen LogP contribution in [0.5, 0.6) is 0 Å². The first kappa shape index (κ1) is 9.07. The van der Waals surface area contributed by atoms with Gasteiger partial charge < -0.3 is 5.32 Å². The van der Waals surface area contributed by atoms with Crippen LogP contribution in [0.1, 0.15) is 32.1 Å². The van der Waals surface area contributed by atoms with E-state index >= 15 is 0 Å². The number of rotatable bonds is 6. The van der Waals surface area contributed by atoms with E-state index in [0.717, 1.165) is 12.5 Å². The maximum Gasteiger partial charge on any atom is 0.0448 e. The van der Waals surface area contributed by atoms with Crippen LogP contribution in [-0.2, 0) is 0 Å². The molecule has 0 bridgehead atoms. The van der Waals surface area contributed by atoms with Crippen molar-refractivity contribution >= 4 is 17.0 Å². The second-order valence-electron chi connectivity index (χ2n) is 3.88. The molecule has 0 aliphatic heterocycles. The second kappa shape index (κ2) is 4.66. The van der Waals surface area contributed by atoms with Crippen molar-refractivity contribution < 1.29 is 0 Å². The topological polar surface area (TPSA) is 12.0 Å². The molecule has 0 saturated heterocycles. The number of unbranched alkanes of at least 4 members (excludes halogenated alkanes) is 1. The number of hydrogen-bond acceptors (Lipinski definition) is 2. The Morgan fingerprint density at radius 2 is 2.31 bits per heavy atom. The third kappa shape index (κ3) is 3.39. The van der Waals surface area contributed by atoms with Crippen molar-refractivity contribution in [1.82, 2.24) is 0 Å². The molecule has 1 fully saturated rings. The van der Waals surface area contributed by atoms with Crippen molar-refractivity contribution in [3.8, 4) is 0 Å². The second-order valence-corrected chi connectivity index (χ2v) is 4.66. The van der Waals surface area contributed by atoms with Crippen LogP contribution < -0.4 is 5.32 Å². The van der Waals surface area contributed by atoms with Crippen molar-refractivity contribution in [3.63, 3.8) is 0 Å². The van der Waals surface area contributed by atoms with Gasteiger partial charge in [-0.3, -0.25) is 0 Å². The third-order valence-corrected chi connectivity index (χ3v) is 3.27. The van der Waals surface area contributed by atoms with Crippen molar-refractivity contribution in [2.75, 3.05) is 11.9 Å². The molecule has 1 aliphatic rings. The first-order valence-corrected chi connectivity index (χ1v) is 6.15. The number of anilines is 1. The molecule has 1 N–H and O–H groups in total. The summed E-state index contributed by atoms with van der Waals surface area (Å²) in [7, 11) is 0. The molecular formula is C11H17NS. The average Bonchev–Trinajstić information content (AvgIpc) is 2.81. The lowest BCUT2D eigenvalue weighted by atomic mass is 10.2. The van der Waals surface area contributed by atoms with Gasteiger partial charge in [-0.2, -0.15) is 11.3 Å². The Labute approximate surface area is 84.2 Å². The zero-order valence-electron chi connectivity index (χ0n) is 7.96. The highest BCUT2D eigenvalue weighted by Crippen LogP contribution is 2.33. The van der Waals surface area contributed by atoms with Gasteiger partial charge in [-0.15, -0.1) is 0 Å². The molecule has 1 aromatic heterocycles. The number of thiophene rings is 1. The molecule has 1 aromatic rings. The molecule has 0 atom stereocenters. The predicted octanol–water partition coefficient (Wildman–Crippen LogP) is 3.74. The molecular weight excluding hydrogens is 178 g/mol. The molecule has 2 heteroatoms. The van der Waals surface area contributed by atoms with Crippen LogP contribution in [0.25, 0.3) is 0 Å². The van der Waals surface area contributed by atoms with Gasteiger partial charge in [0.15, 0.2) is 0 Å². The van der Waals surface area contributed by atoms with Crippen LogP contribution in [-0.4, -0.2) is 6.54 Å². The van der Waals surface area contributed by atoms with Gasteiger partial charge in [0.05, 0.1) is 0 Å². The molecule has 1 aliphatic carbocycles. The van der Waals surface area contributed by atoms with Crippen LogP contribution in [0.2, 0.25) is 0 Å². The fraction of sp³-hybridized carbons (Fsp3) is 0.636. The van der Waals surface area contributed by atoms with Gasteiger partial charge in [-0.05, 0) is 23.8 Å². The summed E-state index contributed by atoms with van der Waals surface area (Å²) in [6.07, 6.45) is 7.19. The van der Waals surface area contributed by atoms with E-state index in [2.05, 4.69) is 22.1 Å². The normalized spacial score (nSPS) is 16.0. The molecule has 0 amide bonds. The van der Waals surface area contributed by atoms with Crippen LogP contribution in [0.15, 0.2) is 16.8 Å².